The van der Waals surface area contributed by atoms with Crippen molar-refractivity contribution in [2.75, 3.05) is 19.8 Å². The van der Waals surface area contributed by atoms with E-state index in [-0.39, 0.29) is 12.2 Å². The zero-order chi connectivity index (χ0) is 13.1. The summed E-state index contributed by atoms with van der Waals surface area (Å²) in [5.41, 5.74) is 0. The van der Waals surface area contributed by atoms with E-state index < -0.39 is 0 Å². The Kier molecular flexibility index (Phi) is 4.01. The van der Waals surface area contributed by atoms with Gasteiger partial charge in [-0.05, 0) is 25.0 Å². The normalized spacial score (nSPS) is 31.3. The minimum atomic E-state index is 0.162. The lowest BCUT2D eigenvalue weighted by molar-refractivity contribution is -0.0449. The fourth-order valence-electron chi connectivity index (χ4n) is 3.16. The first-order valence-corrected chi connectivity index (χ1v) is 6.99. The zero-order valence-corrected chi connectivity index (χ0v) is 11.2. The Morgan fingerprint density at radius 3 is 3.21 bits per heavy atom. The first-order valence-electron chi connectivity index (χ1n) is 6.99. The average Bonchev–Trinajstić information content (AvgIpc) is 2.99. The molecule has 1 aromatic rings. The van der Waals surface area contributed by atoms with Gasteiger partial charge in [0.1, 0.15) is 5.76 Å². The molecule has 104 valence electrons. The molecule has 3 atom stereocenters. The monoisotopic (exact) mass is 263 g/mol. The van der Waals surface area contributed by atoms with Gasteiger partial charge < -0.3 is 13.9 Å². The molecule has 1 aromatic heterocycles. The third kappa shape index (κ3) is 2.76. The summed E-state index contributed by atoms with van der Waals surface area (Å²) in [5.74, 6) is 1.01. The smallest absolute Gasteiger partial charge is 0.117 e. The Morgan fingerprint density at radius 2 is 2.42 bits per heavy atom. The van der Waals surface area contributed by atoms with Crippen LogP contribution in [0.1, 0.15) is 18.6 Å². The maximum atomic E-state index is 5.93. The number of ether oxygens (including phenoxy) is 2. The molecule has 4 heteroatoms. The fourth-order valence-corrected chi connectivity index (χ4v) is 3.16. The molecule has 1 aliphatic heterocycles. The summed E-state index contributed by atoms with van der Waals surface area (Å²) in [5, 5.41) is 0. The van der Waals surface area contributed by atoms with Gasteiger partial charge >= 0.3 is 0 Å². The third-order valence-electron chi connectivity index (χ3n) is 4.02. The largest absolute Gasteiger partial charge is 0.468 e. The molecule has 2 heterocycles. The highest BCUT2D eigenvalue weighted by molar-refractivity contribution is 5.02. The molecule has 1 saturated heterocycles. The molecule has 4 nitrogen and oxygen atoms in total. The Morgan fingerprint density at radius 1 is 1.47 bits per heavy atom. The van der Waals surface area contributed by atoms with Crippen molar-refractivity contribution in [3.63, 3.8) is 0 Å². The van der Waals surface area contributed by atoms with Crippen LogP contribution in [0.3, 0.4) is 0 Å². The molecule has 2 aliphatic rings. The van der Waals surface area contributed by atoms with E-state index in [2.05, 4.69) is 11.5 Å². The van der Waals surface area contributed by atoms with Crippen molar-refractivity contribution >= 4 is 0 Å². The molecule has 2 fully saturated rings. The number of furan rings is 1. The van der Waals surface area contributed by atoms with Gasteiger partial charge in [-0.25, -0.2) is 0 Å². The van der Waals surface area contributed by atoms with E-state index in [9.17, 15) is 0 Å². The second kappa shape index (κ2) is 5.90. The average molecular weight is 263 g/mol. The van der Waals surface area contributed by atoms with E-state index >= 15 is 0 Å². The van der Waals surface area contributed by atoms with E-state index in [0.29, 0.717) is 12.6 Å². The minimum absolute atomic E-state index is 0.162. The van der Waals surface area contributed by atoms with Gasteiger partial charge in [0, 0.05) is 12.6 Å². The lowest BCUT2D eigenvalue weighted by atomic mass is 10.1. The number of rotatable bonds is 5. The molecule has 0 unspecified atom stereocenters. The van der Waals surface area contributed by atoms with E-state index in [1.165, 1.54) is 0 Å². The van der Waals surface area contributed by atoms with Crippen molar-refractivity contribution in [2.45, 2.75) is 37.6 Å². The molecule has 0 aromatic carbocycles. The van der Waals surface area contributed by atoms with Gasteiger partial charge in [0.25, 0.3) is 0 Å². The van der Waals surface area contributed by atoms with Crippen LogP contribution in [0.25, 0.3) is 0 Å². The van der Waals surface area contributed by atoms with Crippen LogP contribution in [0.4, 0.5) is 0 Å². The van der Waals surface area contributed by atoms with Crippen molar-refractivity contribution in [1.82, 2.24) is 4.90 Å². The zero-order valence-electron chi connectivity index (χ0n) is 11.2. The lowest BCUT2D eigenvalue weighted by Gasteiger charge is -2.30. The first kappa shape index (κ1) is 12.9. The highest BCUT2D eigenvalue weighted by atomic mass is 16.5. The molecular formula is C15H21NO3. The Bertz CT molecular complexity index is 404. The van der Waals surface area contributed by atoms with E-state index in [1.54, 1.807) is 12.3 Å². The summed E-state index contributed by atoms with van der Waals surface area (Å²) in [6.45, 7) is 6.87. The van der Waals surface area contributed by atoms with Crippen molar-refractivity contribution in [3.05, 3.63) is 36.8 Å². The number of hydrogen-bond acceptors (Lipinski definition) is 4. The molecule has 1 aliphatic carbocycles. The Balaban J connectivity index is 1.71. The lowest BCUT2D eigenvalue weighted by Crippen LogP contribution is -2.42. The van der Waals surface area contributed by atoms with Crippen LogP contribution in [0.5, 0.6) is 0 Å². The second-order valence-electron chi connectivity index (χ2n) is 5.19. The number of hydrogen-bond donors (Lipinski definition) is 0. The molecule has 2 bridgehead atoms. The summed E-state index contributed by atoms with van der Waals surface area (Å²) in [4.78, 5) is 2.43. The Labute approximate surface area is 114 Å². The van der Waals surface area contributed by atoms with E-state index in [0.717, 1.165) is 38.3 Å². The number of nitrogens with zero attached hydrogens (tertiary/aromatic N) is 1. The van der Waals surface area contributed by atoms with Crippen LogP contribution in [0.15, 0.2) is 35.5 Å². The summed E-state index contributed by atoms with van der Waals surface area (Å²) >= 11 is 0. The first-order chi connectivity index (χ1) is 9.38. The van der Waals surface area contributed by atoms with Crippen LogP contribution in [0.2, 0.25) is 0 Å². The van der Waals surface area contributed by atoms with Crippen molar-refractivity contribution in [3.8, 4) is 0 Å². The van der Waals surface area contributed by atoms with Crippen LogP contribution in [-0.2, 0) is 16.0 Å². The third-order valence-corrected chi connectivity index (χ3v) is 4.02. The summed E-state index contributed by atoms with van der Waals surface area (Å²) in [6.07, 6.45) is 6.16. The summed E-state index contributed by atoms with van der Waals surface area (Å²) < 4.78 is 17.3. The highest BCUT2D eigenvalue weighted by Crippen LogP contribution is 2.32. The van der Waals surface area contributed by atoms with Gasteiger partial charge in [-0.3, -0.25) is 4.90 Å². The maximum absolute atomic E-state index is 5.93. The molecule has 19 heavy (non-hydrogen) atoms. The summed E-state index contributed by atoms with van der Waals surface area (Å²) in [7, 11) is 0. The van der Waals surface area contributed by atoms with Gasteiger partial charge in [0.15, 0.2) is 0 Å². The topological polar surface area (TPSA) is 34.8 Å². The van der Waals surface area contributed by atoms with Crippen LogP contribution < -0.4 is 0 Å². The molecule has 0 radical (unpaired) electrons. The highest BCUT2D eigenvalue weighted by Gasteiger charge is 2.42. The minimum Gasteiger partial charge on any atom is -0.468 e. The van der Waals surface area contributed by atoms with Crippen LogP contribution in [-0.4, -0.2) is 42.9 Å². The van der Waals surface area contributed by atoms with Gasteiger partial charge in [-0.1, -0.05) is 6.08 Å². The molecule has 0 amide bonds. The van der Waals surface area contributed by atoms with Gasteiger partial charge in [0.05, 0.1) is 38.2 Å². The van der Waals surface area contributed by atoms with Gasteiger partial charge in [-0.15, -0.1) is 6.58 Å². The molecule has 0 N–H and O–H groups in total. The van der Waals surface area contributed by atoms with E-state index in [4.69, 9.17) is 13.9 Å². The van der Waals surface area contributed by atoms with Crippen molar-refractivity contribution in [1.29, 1.82) is 0 Å². The Hall–Kier alpha value is -1.10. The molecule has 3 rings (SSSR count). The standard InChI is InChI=1S/C15H21NO3/c1-2-8-19-15-13-5-6-14(15)18-10-7-16(13)11-12-4-3-9-17-12/h2-4,9,13-15H,1,5-8,10-11H2/t13-,14-,15+/m1/s1. The second-order valence-corrected chi connectivity index (χ2v) is 5.19. The van der Waals surface area contributed by atoms with Crippen molar-refractivity contribution < 1.29 is 13.9 Å². The SMILES string of the molecule is C=CCO[C@H]1[C@H]2CC[C@H]1OCCN2Cc1ccco1. The quantitative estimate of drug-likeness (QED) is 0.763. The van der Waals surface area contributed by atoms with E-state index in [1.807, 2.05) is 12.1 Å². The van der Waals surface area contributed by atoms with Crippen LogP contribution >= 0.6 is 0 Å². The predicted molar refractivity (Wildman–Crippen MR) is 71.8 cm³/mol. The maximum Gasteiger partial charge on any atom is 0.117 e. The molecular weight excluding hydrogens is 242 g/mol. The molecule has 0 spiro atoms. The summed E-state index contributed by atoms with van der Waals surface area (Å²) in [6, 6.07) is 4.39. The fraction of sp³-hybridized carbons (Fsp3) is 0.600. The number of fused-ring (bicyclic) bond motifs is 2. The van der Waals surface area contributed by atoms with Crippen LogP contribution in [0, 0.1) is 0 Å². The molecule has 1 saturated carbocycles. The van der Waals surface area contributed by atoms with Crippen molar-refractivity contribution in [2.24, 2.45) is 0 Å². The van der Waals surface area contributed by atoms with Gasteiger partial charge in [0.2, 0.25) is 0 Å². The predicted octanol–water partition coefficient (Wildman–Crippen LogP) is 2.21. The van der Waals surface area contributed by atoms with Gasteiger partial charge in [-0.2, -0.15) is 0 Å².